The number of benzene rings is 1. The summed E-state index contributed by atoms with van der Waals surface area (Å²) in [5.41, 5.74) is 8.48. The lowest BCUT2D eigenvalue weighted by Gasteiger charge is -2.27. The van der Waals surface area contributed by atoms with Crippen LogP contribution in [0.3, 0.4) is 0 Å². The van der Waals surface area contributed by atoms with Gasteiger partial charge in [0.25, 0.3) is 0 Å². The largest absolute Gasteiger partial charge is 0.337 e. The third kappa shape index (κ3) is 3.22. The number of imidazole rings is 1. The Morgan fingerprint density at radius 2 is 2.21 bits per heavy atom. The lowest BCUT2D eigenvalue weighted by molar-refractivity contribution is 0.234. The Morgan fingerprint density at radius 1 is 1.42 bits per heavy atom. The first-order valence-corrected chi connectivity index (χ1v) is 6.55. The van der Waals surface area contributed by atoms with Crippen molar-refractivity contribution in [2.24, 2.45) is 12.8 Å². The first kappa shape index (κ1) is 13.8. The first-order chi connectivity index (χ1) is 9.11. The molecule has 1 unspecified atom stereocenters. The van der Waals surface area contributed by atoms with Gasteiger partial charge in [-0.3, -0.25) is 4.90 Å². The third-order valence-corrected chi connectivity index (χ3v) is 3.49. The molecule has 0 spiro atoms. The van der Waals surface area contributed by atoms with Gasteiger partial charge in [0.05, 0.1) is 6.54 Å². The van der Waals surface area contributed by atoms with E-state index >= 15 is 0 Å². The zero-order chi connectivity index (χ0) is 13.8. The zero-order valence-electron chi connectivity index (χ0n) is 11.9. The Labute approximate surface area is 114 Å². The fraction of sp³-hybridized carbons (Fsp3) is 0.400. The van der Waals surface area contributed by atoms with Gasteiger partial charge in [-0.15, -0.1) is 0 Å². The number of aromatic nitrogens is 2. The highest BCUT2D eigenvalue weighted by Gasteiger charge is 2.17. The van der Waals surface area contributed by atoms with E-state index in [0.29, 0.717) is 6.54 Å². The van der Waals surface area contributed by atoms with Crippen LogP contribution < -0.4 is 5.73 Å². The van der Waals surface area contributed by atoms with Crippen molar-refractivity contribution in [1.29, 1.82) is 0 Å². The molecule has 0 fully saturated rings. The van der Waals surface area contributed by atoms with Crippen LogP contribution in [-0.4, -0.2) is 28.0 Å². The topological polar surface area (TPSA) is 47.1 Å². The average Bonchev–Trinajstić information content (AvgIpc) is 2.76. The second-order valence-corrected chi connectivity index (χ2v) is 5.04. The van der Waals surface area contributed by atoms with E-state index in [0.717, 1.165) is 12.4 Å². The molecule has 0 aliphatic carbocycles. The smallest absolute Gasteiger partial charge is 0.122 e. The molecule has 2 rings (SSSR count). The molecule has 102 valence electrons. The minimum absolute atomic E-state index is 0.219. The van der Waals surface area contributed by atoms with E-state index in [-0.39, 0.29) is 6.04 Å². The molecule has 19 heavy (non-hydrogen) atoms. The number of hydrogen-bond acceptors (Lipinski definition) is 3. The molecule has 0 radical (unpaired) electrons. The predicted molar refractivity (Wildman–Crippen MR) is 77.6 cm³/mol. The molecule has 1 aromatic carbocycles. The van der Waals surface area contributed by atoms with Gasteiger partial charge in [0.2, 0.25) is 0 Å². The van der Waals surface area contributed by atoms with Crippen LogP contribution in [0, 0.1) is 6.92 Å². The molecule has 4 nitrogen and oxygen atoms in total. The number of hydrogen-bond donors (Lipinski definition) is 1. The van der Waals surface area contributed by atoms with Gasteiger partial charge in [-0.05, 0) is 19.5 Å². The van der Waals surface area contributed by atoms with Gasteiger partial charge in [0.15, 0.2) is 0 Å². The molecule has 0 aliphatic rings. The molecule has 2 N–H and O–H groups in total. The summed E-state index contributed by atoms with van der Waals surface area (Å²) in [4.78, 5) is 6.61. The molecule has 0 saturated carbocycles. The van der Waals surface area contributed by atoms with Gasteiger partial charge in [0.1, 0.15) is 5.82 Å². The Balaban J connectivity index is 2.15. The summed E-state index contributed by atoms with van der Waals surface area (Å²) in [6.45, 7) is 3.50. The first-order valence-electron chi connectivity index (χ1n) is 6.55. The van der Waals surface area contributed by atoms with Gasteiger partial charge in [-0.25, -0.2) is 4.98 Å². The summed E-state index contributed by atoms with van der Waals surface area (Å²) in [5, 5.41) is 0. The van der Waals surface area contributed by atoms with Crippen molar-refractivity contribution in [3.05, 3.63) is 53.6 Å². The maximum Gasteiger partial charge on any atom is 0.122 e. The fourth-order valence-electron chi connectivity index (χ4n) is 2.33. The number of likely N-dealkylation sites (N-methyl/N-ethyl adjacent to an activating group) is 1. The van der Waals surface area contributed by atoms with Gasteiger partial charge in [0, 0.05) is 32.0 Å². The van der Waals surface area contributed by atoms with E-state index in [9.17, 15) is 0 Å². The van der Waals surface area contributed by atoms with E-state index in [1.807, 2.05) is 24.0 Å². The van der Waals surface area contributed by atoms with Crippen molar-refractivity contribution >= 4 is 0 Å². The molecule has 1 atom stereocenters. The van der Waals surface area contributed by atoms with Crippen LogP contribution in [0.5, 0.6) is 0 Å². The highest BCUT2D eigenvalue weighted by molar-refractivity contribution is 5.25. The minimum Gasteiger partial charge on any atom is -0.337 e. The SMILES string of the molecule is Cc1cccc(C(CN)N(C)Cc2nccn2C)c1. The summed E-state index contributed by atoms with van der Waals surface area (Å²) in [7, 11) is 4.11. The van der Waals surface area contributed by atoms with Crippen LogP contribution >= 0.6 is 0 Å². The second-order valence-electron chi connectivity index (χ2n) is 5.04. The molecule has 0 bridgehead atoms. The van der Waals surface area contributed by atoms with Crippen molar-refractivity contribution in [3.63, 3.8) is 0 Å². The lowest BCUT2D eigenvalue weighted by Crippen LogP contribution is -2.31. The van der Waals surface area contributed by atoms with Crippen LogP contribution in [0.25, 0.3) is 0 Å². The number of aryl methyl sites for hydroxylation is 2. The van der Waals surface area contributed by atoms with Gasteiger partial charge >= 0.3 is 0 Å². The van der Waals surface area contributed by atoms with Gasteiger partial charge < -0.3 is 10.3 Å². The van der Waals surface area contributed by atoms with E-state index in [1.54, 1.807) is 0 Å². The minimum atomic E-state index is 0.219. The highest BCUT2D eigenvalue weighted by atomic mass is 15.2. The fourth-order valence-corrected chi connectivity index (χ4v) is 2.33. The zero-order valence-corrected chi connectivity index (χ0v) is 11.9. The van der Waals surface area contributed by atoms with Crippen LogP contribution in [0.1, 0.15) is 23.0 Å². The highest BCUT2D eigenvalue weighted by Crippen LogP contribution is 2.20. The van der Waals surface area contributed by atoms with Crippen molar-refractivity contribution in [2.75, 3.05) is 13.6 Å². The second kappa shape index (κ2) is 5.99. The average molecular weight is 258 g/mol. The van der Waals surface area contributed by atoms with Crippen LogP contribution in [0.4, 0.5) is 0 Å². The summed E-state index contributed by atoms with van der Waals surface area (Å²) < 4.78 is 2.04. The summed E-state index contributed by atoms with van der Waals surface area (Å²) in [5.74, 6) is 1.05. The van der Waals surface area contributed by atoms with Crippen LogP contribution in [-0.2, 0) is 13.6 Å². The van der Waals surface area contributed by atoms with Crippen molar-refractivity contribution < 1.29 is 0 Å². The number of nitrogens with two attached hydrogens (primary N) is 1. The molecule has 1 heterocycles. The van der Waals surface area contributed by atoms with Gasteiger partial charge in [-0.1, -0.05) is 29.8 Å². The van der Waals surface area contributed by atoms with Crippen molar-refractivity contribution in [2.45, 2.75) is 19.5 Å². The molecule has 1 aromatic heterocycles. The number of nitrogens with zero attached hydrogens (tertiary/aromatic N) is 3. The standard InChI is InChI=1S/C15H22N4/c1-12-5-4-6-13(9-12)14(10-16)19(3)11-15-17-7-8-18(15)2/h4-9,14H,10-11,16H2,1-3H3. The quantitative estimate of drug-likeness (QED) is 0.890. The normalized spacial score (nSPS) is 12.9. The maximum absolute atomic E-state index is 5.95. The van der Waals surface area contributed by atoms with E-state index in [1.165, 1.54) is 11.1 Å². The molecule has 4 heteroatoms. The summed E-state index contributed by atoms with van der Waals surface area (Å²) in [6, 6.07) is 8.75. The van der Waals surface area contributed by atoms with E-state index in [2.05, 4.69) is 48.1 Å². The molecular weight excluding hydrogens is 236 g/mol. The lowest BCUT2D eigenvalue weighted by atomic mass is 10.0. The summed E-state index contributed by atoms with van der Waals surface area (Å²) in [6.07, 6.45) is 3.79. The monoisotopic (exact) mass is 258 g/mol. The predicted octanol–water partition coefficient (Wildman–Crippen LogP) is 1.86. The Kier molecular flexibility index (Phi) is 4.35. The Bertz CT molecular complexity index is 532. The van der Waals surface area contributed by atoms with Crippen molar-refractivity contribution in [1.82, 2.24) is 14.5 Å². The van der Waals surface area contributed by atoms with E-state index in [4.69, 9.17) is 5.73 Å². The molecule has 0 saturated heterocycles. The number of rotatable bonds is 5. The van der Waals surface area contributed by atoms with Crippen LogP contribution in [0.15, 0.2) is 36.7 Å². The molecular formula is C15H22N4. The van der Waals surface area contributed by atoms with Crippen LogP contribution in [0.2, 0.25) is 0 Å². The van der Waals surface area contributed by atoms with Crippen molar-refractivity contribution in [3.8, 4) is 0 Å². The molecule has 0 aliphatic heterocycles. The third-order valence-electron chi connectivity index (χ3n) is 3.49. The van der Waals surface area contributed by atoms with Gasteiger partial charge in [-0.2, -0.15) is 0 Å². The molecule has 0 amide bonds. The maximum atomic E-state index is 5.95. The molecule has 2 aromatic rings. The Morgan fingerprint density at radius 3 is 2.79 bits per heavy atom. The van der Waals surface area contributed by atoms with E-state index < -0.39 is 0 Å². The summed E-state index contributed by atoms with van der Waals surface area (Å²) >= 11 is 0. The Hall–Kier alpha value is -1.65.